The molecule has 2 rings (SSSR count). The van der Waals surface area contributed by atoms with Gasteiger partial charge in [-0.15, -0.1) is 10.2 Å². The fourth-order valence-electron chi connectivity index (χ4n) is 1.56. The van der Waals surface area contributed by atoms with Gasteiger partial charge in [0.2, 0.25) is 5.82 Å². The van der Waals surface area contributed by atoms with Gasteiger partial charge >= 0.3 is 0 Å². The molecule has 1 N–H and O–H groups in total. The monoisotopic (exact) mass is 250 g/mol. The van der Waals surface area contributed by atoms with E-state index >= 15 is 0 Å². The van der Waals surface area contributed by atoms with E-state index in [-0.39, 0.29) is 12.4 Å². The van der Waals surface area contributed by atoms with Gasteiger partial charge in [-0.1, -0.05) is 0 Å². The third kappa shape index (κ3) is 2.89. The molecule has 0 fully saturated rings. The Morgan fingerprint density at radius 1 is 1.39 bits per heavy atom. The minimum absolute atomic E-state index is 0.250. The lowest BCUT2D eigenvalue weighted by Gasteiger charge is -2.14. The molecule has 5 nitrogen and oxygen atoms in total. The van der Waals surface area contributed by atoms with Crippen LogP contribution in [0.2, 0.25) is 0 Å². The quantitative estimate of drug-likeness (QED) is 0.897. The molecule has 0 aliphatic heterocycles. The first kappa shape index (κ1) is 12.6. The molecule has 0 aliphatic rings. The second-order valence-corrected chi connectivity index (χ2v) is 4.92. The van der Waals surface area contributed by atoms with E-state index in [9.17, 15) is 9.50 Å². The number of halogens is 1. The summed E-state index contributed by atoms with van der Waals surface area (Å²) in [7, 11) is 0. The van der Waals surface area contributed by atoms with Crippen molar-refractivity contribution in [1.82, 2.24) is 20.2 Å². The molecular weight excluding hydrogens is 235 g/mol. The van der Waals surface area contributed by atoms with Gasteiger partial charge in [0.05, 0.1) is 12.1 Å². The minimum atomic E-state index is -0.906. The smallest absolute Gasteiger partial charge is 0.204 e. The molecule has 0 unspecified atom stereocenters. The molecule has 0 saturated carbocycles. The summed E-state index contributed by atoms with van der Waals surface area (Å²) >= 11 is 0. The van der Waals surface area contributed by atoms with Crippen molar-refractivity contribution in [1.29, 1.82) is 0 Å². The van der Waals surface area contributed by atoms with Crippen LogP contribution in [0.3, 0.4) is 0 Å². The number of hydrogen-bond acceptors (Lipinski definition) is 4. The number of rotatable bonds is 3. The molecule has 1 aromatic carbocycles. The molecular formula is C12H15FN4O. The lowest BCUT2D eigenvalue weighted by Crippen LogP contribution is -2.27. The normalized spacial score (nSPS) is 11.8. The van der Waals surface area contributed by atoms with Crippen LogP contribution in [0.25, 0.3) is 11.4 Å². The molecule has 96 valence electrons. The summed E-state index contributed by atoms with van der Waals surface area (Å²) < 4.78 is 13.1. The molecule has 1 heterocycles. The molecule has 0 amide bonds. The number of aryl methyl sites for hydroxylation is 1. The highest BCUT2D eigenvalue weighted by molar-refractivity contribution is 5.54. The van der Waals surface area contributed by atoms with Crippen LogP contribution in [-0.4, -0.2) is 30.9 Å². The molecule has 18 heavy (non-hydrogen) atoms. The number of aliphatic hydroxyl groups is 1. The highest BCUT2D eigenvalue weighted by Crippen LogP contribution is 2.17. The SMILES string of the molecule is Cc1cc(-c2nnn(CC(C)(C)O)n2)ccc1F. The number of tetrazole rings is 1. The predicted octanol–water partition coefficient (Wildman–Crippen LogP) is 1.56. The van der Waals surface area contributed by atoms with Crippen LogP contribution < -0.4 is 0 Å². The van der Waals surface area contributed by atoms with Crippen LogP contribution in [0, 0.1) is 12.7 Å². The summed E-state index contributed by atoms with van der Waals surface area (Å²) in [4.78, 5) is 1.33. The number of nitrogens with zero attached hydrogens (tertiary/aromatic N) is 4. The van der Waals surface area contributed by atoms with Gasteiger partial charge in [-0.25, -0.2) is 4.39 Å². The molecule has 0 atom stereocenters. The van der Waals surface area contributed by atoms with E-state index in [2.05, 4.69) is 15.4 Å². The molecule has 0 radical (unpaired) electrons. The van der Waals surface area contributed by atoms with Gasteiger partial charge in [0, 0.05) is 5.56 Å². The van der Waals surface area contributed by atoms with Crippen molar-refractivity contribution in [2.45, 2.75) is 32.9 Å². The Balaban J connectivity index is 2.26. The molecule has 6 heteroatoms. The second kappa shape index (κ2) is 4.45. The Labute approximate surface area is 104 Å². The van der Waals surface area contributed by atoms with Crippen LogP contribution in [0.5, 0.6) is 0 Å². The molecule has 0 aliphatic carbocycles. The van der Waals surface area contributed by atoms with Crippen molar-refractivity contribution in [3.05, 3.63) is 29.6 Å². The van der Waals surface area contributed by atoms with Gasteiger partial charge in [-0.2, -0.15) is 4.80 Å². The number of benzene rings is 1. The maximum atomic E-state index is 13.1. The fraction of sp³-hybridized carbons (Fsp3) is 0.417. The summed E-state index contributed by atoms with van der Waals surface area (Å²) in [6, 6.07) is 4.65. The summed E-state index contributed by atoms with van der Waals surface area (Å²) in [5, 5.41) is 21.5. The summed E-state index contributed by atoms with van der Waals surface area (Å²) in [5.41, 5.74) is 0.332. The van der Waals surface area contributed by atoms with E-state index in [1.807, 2.05) is 0 Å². The summed E-state index contributed by atoms with van der Waals surface area (Å²) in [5.74, 6) is 0.157. The Bertz CT molecular complexity index is 559. The minimum Gasteiger partial charge on any atom is -0.388 e. The molecule has 0 saturated heterocycles. The third-order valence-corrected chi connectivity index (χ3v) is 2.40. The zero-order chi connectivity index (χ0) is 13.3. The number of aromatic nitrogens is 4. The van der Waals surface area contributed by atoms with Crippen LogP contribution in [0.1, 0.15) is 19.4 Å². The zero-order valence-electron chi connectivity index (χ0n) is 10.6. The van der Waals surface area contributed by atoms with Crippen LogP contribution in [-0.2, 0) is 6.54 Å². The van der Waals surface area contributed by atoms with Gasteiger partial charge in [-0.05, 0) is 49.7 Å². The van der Waals surface area contributed by atoms with Crippen molar-refractivity contribution >= 4 is 0 Å². The van der Waals surface area contributed by atoms with Gasteiger partial charge in [0.15, 0.2) is 0 Å². The fourth-order valence-corrected chi connectivity index (χ4v) is 1.56. The average Bonchev–Trinajstić information content (AvgIpc) is 2.68. The van der Waals surface area contributed by atoms with E-state index in [0.717, 1.165) is 0 Å². The maximum Gasteiger partial charge on any atom is 0.204 e. The first-order chi connectivity index (χ1) is 8.35. The highest BCUT2D eigenvalue weighted by Gasteiger charge is 2.16. The van der Waals surface area contributed by atoms with Gasteiger partial charge in [0.25, 0.3) is 0 Å². The Morgan fingerprint density at radius 3 is 2.72 bits per heavy atom. The Kier molecular flexibility index (Phi) is 3.13. The van der Waals surface area contributed by atoms with Crippen molar-refractivity contribution < 1.29 is 9.50 Å². The Hall–Kier alpha value is -1.82. The summed E-state index contributed by atoms with van der Waals surface area (Å²) in [6.45, 7) is 5.26. The van der Waals surface area contributed by atoms with Crippen molar-refractivity contribution in [2.75, 3.05) is 0 Å². The van der Waals surface area contributed by atoms with E-state index in [0.29, 0.717) is 17.0 Å². The molecule has 0 spiro atoms. The first-order valence-electron chi connectivity index (χ1n) is 5.62. The standard InChI is InChI=1S/C12H15FN4O/c1-8-6-9(4-5-10(8)13)11-14-16-17(15-11)7-12(2,3)18/h4-6,18H,7H2,1-3H3. The number of hydrogen-bond donors (Lipinski definition) is 1. The molecule has 1 aromatic heterocycles. The van der Waals surface area contributed by atoms with Crippen molar-refractivity contribution in [3.8, 4) is 11.4 Å². The largest absolute Gasteiger partial charge is 0.388 e. The van der Waals surface area contributed by atoms with E-state index in [4.69, 9.17) is 0 Å². The maximum absolute atomic E-state index is 13.1. The second-order valence-electron chi connectivity index (χ2n) is 4.92. The highest BCUT2D eigenvalue weighted by atomic mass is 19.1. The van der Waals surface area contributed by atoms with Gasteiger partial charge < -0.3 is 5.11 Å². The van der Waals surface area contributed by atoms with Crippen LogP contribution in [0.15, 0.2) is 18.2 Å². The average molecular weight is 250 g/mol. The van der Waals surface area contributed by atoms with Crippen molar-refractivity contribution in [2.24, 2.45) is 0 Å². The van der Waals surface area contributed by atoms with Gasteiger partial charge in [-0.3, -0.25) is 0 Å². The summed E-state index contributed by atoms with van der Waals surface area (Å²) in [6.07, 6.45) is 0. The van der Waals surface area contributed by atoms with Crippen LogP contribution >= 0.6 is 0 Å². The third-order valence-electron chi connectivity index (χ3n) is 2.40. The lowest BCUT2D eigenvalue weighted by molar-refractivity contribution is 0.0526. The predicted molar refractivity (Wildman–Crippen MR) is 64.2 cm³/mol. The van der Waals surface area contributed by atoms with E-state index in [1.165, 1.54) is 10.9 Å². The van der Waals surface area contributed by atoms with Gasteiger partial charge in [0.1, 0.15) is 5.82 Å². The molecule has 0 bridgehead atoms. The van der Waals surface area contributed by atoms with E-state index < -0.39 is 5.60 Å². The van der Waals surface area contributed by atoms with Crippen LogP contribution in [0.4, 0.5) is 4.39 Å². The lowest BCUT2D eigenvalue weighted by atomic mass is 10.1. The molecule has 2 aromatic rings. The first-order valence-corrected chi connectivity index (χ1v) is 5.62. The zero-order valence-corrected chi connectivity index (χ0v) is 10.6. The topological polar surface area (TPSA) is 63.8 Å². The van der Waals surface area contributed by atoms with Crippen molar-refractivity contribution in [3.63, 3.8) is 0 Å². The Morgan fingerprint density at radius 2 is 2.11 bits per heavy atom. The van der Waals surface area contributed by atoms with E-state index in [1.54, 1.807) is 32.9 Å².